The number of aromatic nitrogens is 3. The summed E-state index contributed by atoms with van der Waals surface area (Å²) in [5.41, 5.74) is -0.169. The van der Waals surface area contributed by atoms with Gasteiger partial charge in [-0.15, -0.1) is 0 Å². The molecule has 0 fully saturated rings. The van der Waals surface area contributed by atoms with E-state index >= 15 is 0 Å². The Labute approximate surface area is 116 Å². The fraction of sp³-hybridized carbons (Fsp3) is 0.400. The molecule has 0 amide bonds. The van der Waals surface area contributed by atoms with Gasteiger partial charge in [0, 0.05) is 0 Å². The highest BCUT2D eigenvalue weighted by molar-refractivity contribution is 6.41. The highest BCUT2D eigenvalue weighted by atomic mass is 35.5. The average molecular weight is 314 g/mol. The van der Waals surface area contributed by atoms with Crippen molar-refractivity contribution in [1.82, 2.24) is 14.7 Å². The van der Waals surface area contributed by atoms with E-state index in [-0.39, 0.29) is 21.3 Å². The van der Waals surface area contributed by atoms with Crippen LogP contribution in [0.2, 0.25) is 10.2 Å². The quantitative estimate of drug-likeness (QED) is 0.795. The van der Waals surface area contributed by atoms with Crippen molar-refractivity contribution in [3.05, 3.63) is 22.1 Å². The number of alkyl halides is 3. The average Bonchev–Trinajstić information content (AvgIpc) is 2.57. The fourth-order valence-electron chi connectivity index (χ4n) is 1.44. The third-order valence-electron chi connectivity index (χ3n) is 2.09. The van der Waals surface area contributed by atoms with Crippen molar-refractivity contribution in [1.29, 1.82) is 0 Å². The van der Waals surface area contributed by atoms with E-state index < -0.39 is 18.1 Å². The number of halogens is 5. The molecule has 2 heterocycles. The summed E-state index contributed by atoms with van der Waals surface area (Å²) in [7, 11) is 0. The van der Waals surface area contributed by atoms with Crippen LogP contribution in [-0.2, 0) is 6.18 Å². The van der Waals surface area contributed by atoms with Crippen LogP contribution in [0.5, 0.6) is 0 Å². The lowest BCUT2D eigenvalue weighted by Gasteiger charge is -2.14. The van der Waals surface area contributed by atoms with Crippen molar-refractivity contribution >= 4 is 34.4 Å². The highest BCUT2D eigenvalue weighted by Gasteiger charge is 2.39. The van der Waals surface area contributed by atoms with Crippen LogP contribution in [0.3, 0.4) is 0 Å². The molecule has 0 aliphatic carbocycles. The van der Waals surface area contributed by atoms with Gasteiger partial charge in [0.05, 0.1) is 5.02 Å². The first kappa shape index (κ1) is 14.2. The lowest BCUT2D eigenvalue weighted by atomic mass is 10.4. The van der Waals surface area contributed by atoms with Crippen molar-refractivity contribution < 1.29 is 18.0 Å². The van der Waals surface area contributed by atoms with E-state index in [2.05, 4.69) is 9.97 Å². The molecule has 0 spiro atoms. The summed E-state index contributed by atoms with van der Waals surface area (Å²) >= 11 is 11.4. The first-order chi connectivity index (χ1) is 8.70. The standard InChI is InChI=1S/C10H8Cl2F3N3O/c1-4(2)19-18-6-3-5(11)7(12)16-8(6)17-9(18)10(13,14)15/h3-4H,1-2H3. The topological polar surface area (TPSA) is 39.9 Å². The second-order valence-corrected chi connectivity index (χ2v) is 4.75. The van der Waals surface area contributed by atoms with Crippen molar-refractivity contribution in [3.63, 3.8) is 0 Å². The summed E-state index contributed by atoms with van der Waals surface area (Å²) in [5, 5.41) is -0.0894. The Hall–Kier alpha value is -1.21. The Morgan fingerprint density at radius 1 is 1.26 bits per heavy atom. The maximum atomic E-state index is 12.9. The largest absolute Gasteiger partial charge is 0.453 e. The normalized spacial score (nSPS) is 12.4. The summed E-state index contributed by atoms with van der Waals surface area (Å²) in [6.45, 7) is 3.19. The van der Waals surface area contributed by atoms with Crippen LogP contribution in [0.15, 0.2) is 6.07 Å². The smallest absolute Gasteiger partial charge is 0.409 e. The Balaban J connectivity index is 2.74. The van der Waals surface area contributed by atoms with Crippen molar-refractivity contribution in [2.24, 2.45) is 0 Å². The summed E-state index contributed by atoms with van der Waals surface area (Å²) in [6, 6.07) is 1.23. The third kappa shape index (κ3) is 2.71. The second kappa shape index (κ2) is 4.72. The van der Waals surface area contributed by atoms with Crippen LogP contribution < -0.4 is 4.84 Å². The molecule has 2 aromatic heterocycles. The molecule has 4 nitrogen and oxygen atoms in total. The zero-order chi connectivity index (χ0) is 14.4. The molecule has 19 heavy (non-hydrogen) atoms. The number of rotatable bonds is 2. The Morgan fingerprint density at radius 2 is 1.89 bits per heavy atom. The summed E-state index contributed by atoms with van der Waals surface area (Å²) in [6.07, 6.45) is -5.15. The Bertz CT molecular complexity index is 624. The third-order valence-corrected chi connectivity index (χ3v) is 2.76. The van der Waals surface area contributed by atoms with Gasteiger partial charge in [-0.25, -0.2) is 9.97 Å². The van der Waals surface area contributed by atoms with Gasteiger partial charge in [-0.2, -0.15) is 17.9 Å². The predicted molar refractivity (Wildman–Crippen MR) is 64.3 cm³/mol. The van der Waals surface area contributed by atoms with Gasteiger partial charge < -0.3 is 4.84 Å². The molecule has 9 heteroatoms. The van der Waals surface area contributed by atoms with Crippen molar-refractivity contribution in [2.45, 2.75) is 26.1 Å². The van der Waals surface area contributed by atoms with E-state index in [9.17, 15) is 13.2 Å². The zero-order valence-corrected chi connectivity index (χ0v) is 11.3. The van der Waals surface area contributed by atoms with Gasteiger partial charge >= 0.3 is 6.18 Å². The van der Waals surface area contributed by atoms with Crippen molar-refractivity contribution in [2.75, 3.05) is 0 Å². The van der Waals surface area contributed by atoms with Gasteiger partial charge in [-0.1, -0.05) is 23.2 Å². The minimum absolute atomic E-state index is 0.00965. The first-order valence-corrected chi connectivity index (χ1v) is 5.94. The molecule has 0 radical (unpaired) electrons. The number of nitrogens with zero attached hydrogens (tertiary/aromatic N) is 3. The summed E-state index contributed by atoms with van der Waals surface area (Å²) < 4.78 is 39.2. The van der Waals surface area contributed by atoms with Crippen LogP contribution in [0, 0.1) is 0 Å². The van der Waals surface area contributed by atoms with Gasteiger partial charge in [-0.05, 0) is 19.9 Å². The van der Waals surface area contributed by atoms with Crippen molar-refractivity contribution in [3.8, 4) is 0 Å². The van der Waals surface area contributed by atoms with Gasteiger partial charge in [0.25, 0.3) is 5.82 Å². The molecule has 0 unspecified atom stereocenters. The molecule has 0 N–H and O–H groups in total. The minimum atomic E-state index is -4.67. The molecule has 0 saturated heterocycles. The molecular weight excluding hydrogens is 306 g/mol. The molecule has 0 aliphatic heterocycles. The monoisotopic (exact) mass is 313 g/mol. The molecule has 0 saturated carbocycles. The fourth-order valence-corrected chi connectivity index (χ4v) is 1.72. The van der Waals surface area contributed by atoms with Gasteiger partial charge in [0.1, 0.15) is 16.8 Å². The first-order valence-electron chi connectivity index (χ1n) is 5.19. The van der Waals surface area contributed by atoms with E-state index in [0.717, 1.165) is 0 Å². The molecule has 2 aromatic rings. The highest BCUT2D eigenvalue weighted by Crippen LogP contribution is 2.32. The molecular formula is C10H8Cl2F3N3O. The molecule has 0 atom stereocenters. The second-order valence-electron chi connectivity index (χ2n) is 3.99. The van der Waals surface area contributed by atoms with Crippen LogP contribution >= 0.6 is 23.2 Å². The minimum Gasteiger partial charge on any atom is -0.409 e. The van der Waals surface area contributed by atoms with E-state index in [0.29, 0.717) is 4.73 Å². The number of hydrogen-bond donors (Lipinski definition) is 0. The lowest BCUT2D eigenvalue weighted by molar-refractivity contribution is -0.156. The molecule has 0 aliphatic rings. The van der Waals surface area contributed by atoms with Crippen LogP contribution in [0.4, 0.5) is 13.2 Å². The van der Waals surface area contributed by atoms with E-state index in [1.807, 2.05) is 0 Å². The van der Waals surface area contributed by atoms with Crippen LogP contribution in [0.25, 0.3) is 11.2 Å². The number of fused-ring (bicyclic) bond motifs is 1. The molecule has 104 valence electrons. The molecule has 0 bridgehead atoms. The molecule has 0 aromatic carbocycles. The zero-order valence-electron chi connectivity index (χ0n) is 9.79. The van der Waals surface area contributed by atoms with Crippen LogP contribution in [-0.4, -0.2) is 20.8 Å². The maximum absolute atomic E-state index is 12.9. The Kier molecular flexibility index (Phi) is 3.53. The number of hydrogen-bond acceptors (Lipinski definition) is 3. The lowest BCUT2D eigenvalue weighted by Crippen LogP contribution is -2.25. The maximum Gasteiger partial charge on any atom is 0.453 e. The SMILES string of the molecule is CC(C)On1c(C(F)(F)F)nc2nc(Cl)c(Cl)cc21. The number of imidazole rings is 1. The Morgan fingerprint density at radius 3 is 2.42 bits per heavy atom. The number of pyridine rings is 1. The van der Waals surface area contributed by atoms with Gasteiger partial charge in [-0.3, -0.25) is 0 Å². The van der Waals surface area contributed by atoms with Gasteiger partial charge in [0.15, 0.2) is 5.65 Å². The van der Waals surface area contributed by atoms with Crippen LogP contribution in [0.1, 0.15) is 19.7 Å². The summed E-state index contributed by atoms with van der Waals surface area (Å²) in [4.78, 5) is 12.2. The predicted octanol–water partition coefficient (Wildman–Crippen LogP) is 3.59. The molecule has 2 rings (SSSR count). The summed E-state index contributed by atoms with van der Waals surface area (Å²) in [5.74, 6) is -1.21. The van der Waals surface area contributed by atoms with Gasteiger partial charge in [0.2, 0.25) is 0 Å². The van der Waals surface area contributed by atoms with E-state index in [1.54, 1.807) is 13.8 Å². The van der Waals surface area contributed by atoms with E-state index in [4.69, 9.17) is 28.0 Å². The van der Waals surface area contributed by atoms with E-state index in [1.165, 1.54) is 6.07 Å².